The molecule has 2 heterocycles. The molecule has 0 aliphatic heterocycles. The Morgan fingerprint density at radius 2 is 2.00 bits per heavy atom. The molecule has 0 spiro atoms. The van der Waals surface area contributed by atoms with E-state index in [4.69, 9.17) is 0 Å². The number of pyridine rings is 1. The first-order chi connectivity index (χ1) is 11.9. The summed E-state index contributed by atoms with van der Waals surface area (Å²) >= 11 is 1.52. The zero-order valence-corrected chi connectivity index (χ0v) is 15.2. The maximum absolute atomic E-state index is 12.9. The molecular formula is C17H18N4O3S. The maximum atomic E-state index is 12.9. The van der Waals surface area contributed by atoms with Gasteiger partial charge < -0.3 is 9.67 Å². The highest BCUT2D eigenvalue weighted by Crippen LogP contribution is 2.30. The monoisotopic (exact) mass is 358 g/mol. The van der Waals surface area contributed by atoms with Crippen molar-refractivity contribution in [1.82, 2.24) is 14.3 Å². The smallest absolute Gasteiger partial charge is 0.268 e. The summed E-state index contributed by atoms with van der Waals surface area (Å²) in [6.45, 7) is 0. The molecule has 0 unspecified atom stereocenters. The number of aromatic nitrogens is 3. The van der Waals surface area contributed by atoms with Crippen LogP contribution in [-0.4, -0.2) is 38.7 Å². The quantitative estimate of drug-likeness (QED) is 0.724. The molecule has 0 saturated heterocycles. The average molecular weight is 358 g/mol. The minimum absolute atomic E-state index is 0.253. The summed E-state index contributed by atoms with van der Waals surface area (Å²) in [4.78, 5) is 27.8. The Kier molecular flexibility index (Phi) is 4.30. The van der Waals surface area contributed by atoms with Crippen molar-refractivity contribution in [2.45, 2.75) is 4.90 Å². The normalized spacial score (nSPS) is 11.0. The van der Waals surface area contributed by atoms with Crippen LogP contribution in [0.2, 0.25) is 0 Å². The van der Waals surface area contributed by atoms with Crippen LogP contribution in [0.1, 0.15) is 10.4 Å². The summed E-state index contributed by atoms with van der Waals surface area (Å²) in [7, 11) is 4.83. The Morgan fingerprint density at radius 1 is 1.28 bits per heavy atom. The molecular weight excluding hydrogens is 340 g/mol. The second-order valence-corrected chi connectivity index (χ2v) is 6.53. The van der Waals surface area contributed by atoms with Crippen LogP contribution in [-0.2, 0) is 14.1 Å². The number of carbonyl (C=O) groups is 1. The van der Waals surface area contributed by atoms with E-state index in [2.05, 4.69) is 5.10 Å². The van der Waals surface area contributed by atoms with Crippen LogP contribution in [0.4, 0.5) is 5.82 Å². The lowest BCUT2D eigenvalue weighted by atomic mass is 10.1. The third-order valence-corrected chi connectivity index (χ3v) is 4.96. The van der Waals surface area contributed by atoms with Gasteiger partial charge in [-0.15, -0.1) is 11.8 Å². The Labute approximate surface area is 148 Å². The number of hydrogen-bond donors (Lipinski definition) is 1. The van der Waals surface area contributed by atoms with Crippen molar-refractivity contribution in [3.63, 3.8) is 0 Å². The number of fused-ring (bicyclic) bond motifs is 1. The molecule has 0 atom stereocenters. The van der Waals surface area contributed by atoms with E-state index in [-0.39, 0.29) is 11.3 Å². The van der Waals surface area contributed by atoms with E-state index in [9.17, 15) is 14.7 Å². The van der Waals surface area contributed by atoms with Crippen LogP contribution in [0.25, 0.3) is 10.9 Å². The van der Waals surface area contributed by atoms with Crippen molar-refractivity contribution in [2.24, 2.45) is 14.1 Å². The number of nitrogens with zero attached hydrogens (tertiary/aromatic N) is 4. The second-order valence-electron chi connectivity index (χ2n) is 5.65. The molecule has 0 fully saturated rings. The van der Waals surface area contributed by atoms with Gasteiger partial charge in [-0.3, -0.25) is 19.2 Å². The number of amides is 1. The first-order valence-electron chi connectivity index (χ1n) is 7.52. The van der Waals surface area contributed by atoms with Crippen LogP contribution in [0.5, 0.6) is 5.75 Å². The highest BCUT2D eigenvalue weighted by atomic mass is 32.2. The van der Waals surface area contributed by atoms with Crippen LogP contribution in [0.15, 0.2) is 40.2 Å². The summed E-state index contributed by atoms with van der Waals surface area (Å²) in [5, 5.41) is 15.2. The van der Waals surface area contributed by atoms with Crippen LogP contribution >= 0.6 is 11.8 Å². The number of thioether (sulfide) groups is 1. The van der Waals surface area contributed by atoms with E-state index in [0.29, 0.717) is 16.7 Å². The number of aryl methyl sites for hydroxylation is 2. The largest absolute Gasteiger partial charge is 0.506 e. The summed E-state index contributed by atoms with van der Waals surface area (Å²) in [6, 6.07) is 7.07. The zero-order chi connectivity index (χ0) is 18.3. The molecule has 0 radical (unpaired) electrons. The standard InChI is InChI=1S/C17H18N4O3S/c1-19-12-6-5-10(25-4)9-11(12)15(22)14(16(19)23)17(24)20(2)13-7-8-18-21(13)3/h5-9,22H,1-4H3. The Morgan fingerprint density at radius 3 is 2.60 bits per heavy atom. The van der Waals surface area contributed by atoms with Gasteiger partial charge in [-0.25, -0.2) is 0 Å². The van der Waals surface area contributed by atoms with Gasteiger partial charge in [0.15, 0.2) is 0 Å². The maximum Gasteiger partial charge on any atom is 0.268 e. The predicted molar refractivity (Wildman–Crippen MR) is 98.6 cm³/mol. The molecule has 0 bridgehead atoms. The number of carbonyl (C=O) groups excluding carboxylic acids is 1. The molecule has 0 aliphatic rings. The van der Waals surface area contributed by atoms with E-state index in [0.717, 1.165) is 4.90 Å². The Hall–Kier alpha value is -2.74. The van der Waals surface area contributed by atoms with Crippen molar-refractivity contribution in [3.8, 4) is 5.75 Å². The molecule has 1 amide bonds. The van der Waals surface area contributed by atoms with Gasteiger partial charge >= 0.3 is 0 Å². The number of benzene rings is 1. The molecule has 0 aliphatic carbocycles. The second kappa shape index (κ2) is 6.29. The highest BCUT2D eigenvalue weighted by Gasteiger charge is 2.25. The number of hydrogen-bond acceptors (Lipinski definition) is 5. The van der Waals surface area contributed by atoms with Gasteiger partial charge in [0.1, 0.15) is 17.1 Å². The molecule has 1 aromatic carbocycles. The van der Waals surface area contributed by atoms with Crippen LogP contribution in [0, 0.1) is 0 Å². The van der Waals surface area contributed by atoms with Gasteiger partial charge in [0.25, 0.3) is 11.5 Å². The van der Waals surface area contributed by atoms with Gasteiger partial charge in [0.2, 0.25) is 0 Å². The van der Waals surface area contributed by atoms with Crippen LogP contribution in [0.3, 0.4) is 0 Å². The van der Waals surface area contributed by atoms with Crippen molar-refractivity contribution in [2.75, 3.05) is 18.2 Å². The average Bonchev–Trinajstić information content (AvgIpc) is 3.04. The van der Waals surface area contributed by atoms with E-state index in [1.54, 1.807) is 45.5 Å². The lowest BCUT2D eigenvalue weighted by Crippen LogP contribution is -2.35. The molecule has 3 rings (SSSR count). The Bertz CT molecular complexity index is 1040. The third kappa shape index (κ3) is 2.68. The van der Waals surface area contributed by atoms with Gasteiger partial charge in [-0.1, -0.05) is 0 Å². The lowest BCUT2D eigenvalue weighted by molar-refractivity contribution is 0.0987. The van der Waals surface area contributed by atoms with Gasteiger partial charge in [-0.05, 0) is 24.5 Å². The van der Waals surface area contributed by atoms with Gasteiger partial charge in [0, 0.05) is 37.5 Å². The molecule has 2 aromatic heterocycles. The summed E-state index contributed by atoms with van der Waals surface area (Å²) in [5.41, 5.74) is -0.224. The van der Waals surface area contributed by atoms with E-state index in [1.807, 2.05) is 12.3 Å². The first-order valence-corrected chi connectivity index (χ1v) is 8.75. The predicted octanol–water partition coefficient (Wildman–Crippen LogP) is 1.98. The van der Waals surface area contributed by atoms with Crippen molar-refractivity contribution >= 4 is 34.4 Å². The van der Waals surface area contributed by atoms with Gasteiger partial charge in [-0.2, -0.15) is 5.10 Å². The molecule has 1 N–H and O–H groups in total. The van der Waals surface area contributed by atoms with E-state index in [1.165, 1.54) is 25.9 Å². The summed E-state index contributed by atoms with van der Waals surface area (Å²) < 4.78 is 2.90. The number of aromatic hydroxyl groups is 1. The van der Waals surface area contributed by atoms with Crippen LogP contribution < -0.4 is 10.5 Å². The fraction of sp³-hybridized carbons (Fsp3) is 0.235. The summed E-state index contributed by atoms with van der Waals surface area (Å²) in [5.74, 6) is -0.365. The Balaban J connectivity index is 2.23. The summed E-state index contributed by atoms with van der Waals surface area (Å²) in [6.07, 6.45) is 3.48. The third-order valence-electron chi connectivity index (χ3n) is 4.23. The zero-order valence-electron chi connectivity index (χ0n) is 14.3. The minimum atomic E-state index is -0.585. The topological polar surface area (TPSA) is 80.4 Å². The fourth-order valence-corrected chi connectivity index (χ4v) is 3.24. The number of anilines is 1. The van der Waals surface area contributed by atoms with Crippen molar-refractivity contribution in [3.05, 3.63) is 46.4 Å². The SMILES string of the molecule is CSc1ccc2c(c1)c(O)c(C(=O)N(C)c1ccnn1C)c(=O)n2C. The molecule has 25 heavy (non-hydrogen) atoms. The highest BCUT2D eigenvalue weighted by molar-refractivity contribution is 7.98. The van der Waals surface area contributed by atoms with E-state index < -0.39 is 11.5 Å². The van der Waals surface area contributed by atoms with Crippen molar-refractivity contribution < 1.29 is 9.90 Å². The van der Waals surface area contributed by atoms with Crippen molar-refractivity contribution in [1.29, 1.82) is 0 Å². The molecule has 3 aromatic rings. The first kappa shape index (κ1) is 17.1. The fourth-order valence-electron chi connectivity index (χ4n) is 2.80. The number of rotatable bonds is 3. The molecule has 8 heteroatoms. The molecule has 7 nitrogen and oxygen atoms in total. The molecule has 0 saturated carbocycles. The minimum Gasteiger partial charge on any atom is -0.506 e. The molecule has 130 valence electrons. The lowest BCUT2D eigenvalue weighted by Gasteiger charge is -2.19. The van der Waals surface area contributed by atoms with E-state index >= 15 is 0 Å². The van der Waals surface area contributed by atoms with Gasteiger partial charge in [0.05, 0.1) is 11.7 Å².